The van der Waals surface area contributed by atoms with Gasteiger partial charge in [0, 0.05) is 17.5 Å². The average molecular weight is 292 g/mol. The molecule has 20 heavy (non-hydrogen) atoms. The van der Waals surface area contributed by atoms with Crippen molar-refractivity contribution in [3.8, 4) is 5.75 Å². The molecular formula is C16H15ClFNO. The molecule has 1 heterocycles. The molecule has 0 saturated carbocycles. The number of nitrogens with one attached hydrogen (secondary N) is 1. The Morgan fingerprint density at radius 3 is 2.95 bits per heavy atom. The second kappa shape index (κ2) is 5.33. The summed E-state index contributed by atoms with van der Waals surface area (Å²) >= 11 is 5.90. The number of ether oxygens (including phenoxy) is 1. The molecule has 0 saturated heterocycles. The van der Waals surface area contributed by atoms with Gasteiger partial charge in [0.15, 0.2) is 0 Å². The first-order chi connectivity index (χ1) is 9.63. The Kier molecular flexibility index (Phi) is 3.53. The van der Waals surface area contributed by atoms with Crippen molar-refractivity contribution in [2.75, 3.05) is 11.9 Å². The SMILES string of the molecule is CC(Nc1cc(Cl)ccc1F)c1ccc2c(c1)CCO2. The molecule has 0 fully saturated rings. The highest BCUT2D eigenvalue weighted by atomic mass is 35.5. The zero-order chi connectivity index (χ0) is 14.1. The minimum Gasteiger partial charge on any atom is -0.493 e. The average Bonchev–Trinajstić information content (AvgIpc) is 2.90. The van der Waals surface area contributed by atoms with Gasteiger partial charge in [0.2, 0.25) is 0 Å². The smallest absolute Gasteiger partial charge is 0.146 e. The Morgan fingerprint density at radius 2 is 2.10 bits per heavy atom. The predicted octanol–water partition coefficient (Wildman–Crippen LogP) is 4.59. The van der Waals surface area contributed by atoms with Crippen molar-refractivity contribution < 1.29 is 9.13 Å². The molecule has 2 aromatic rings. The van der Waals surface area contributed by atoms with Crippen LogP contribution >= 0.6 is 11.6 Å². The lowest BCUT2D eigenvalue weighted by atomic mass is 10.0. The van der Waals surface area contributed by atoms with Crippen LogP contribution in [-0.4, -0.2) is 6.61 Å². The molecule has 0 radical (unpaired) electrons. The number of benzene rings is 2. The third kappa shape index (κ3) is 2.59. The third-order valence-corrected chi connectivity index (χ3v) is 3.75. The standard InChI is InChI=1S/C16H15ClFNO/c1-10(19-15-9-13(17)3-4-14(15)18)11-2-5-16-12(8-11)6-7-20-16/h2-5,8-10,19H,6-7H2,1H3. The molecule has 2 aromatic carbocycles. The predicted molar refractivity (Wildman–Crippen MR) is 79.1 cm³/mol. The maximum Gasteiger partial charge on any atom is 0.146 e. The Morgan fingerprint density at radius 1 is 1.25 bits per heavy atom. The van der Waals surface area contributed by atoms with E-state index in [9.17, 15) is 4.39 Å². The number of hydrogen-bond acceptors (Lipinski definition) is 2. The molecule has 1 aliphatic rings. The normalized spacial score (nSPS) is 14.6. The lowest BCUT2D eigenvalue weighted by Gasteiger charge is -2.17. The van der Waals surface area contributed by atoms with Gasteiger partial charge in [-0.3, -0.25) is 0 Å². The molecule has 1 N–H and O–H groups in total. The fourth-order valence-electron chi connectivity index (χ4n) is 2.40. The van der Waals surface area contributed by atoms with Gasteiger partial charge < -0.3 is 10.1 Å². The molecule has 0 aromatic heterocycles. The maximum atomic E-state index is 13.7. The molecule has 0 amide bonds. The van der Waals surface area contributed by atoms with Gasteiger partial charge >= 0.3 is 0 Å². The van der Waals surface area contributed by atoms with Crippen molar-refractivity contribution in [2.24, 2.45) is 0 Å². The molecule has 0 bridgehead atoms. The fourth-order valence-corrected chi connectivity index (χ4v) is 2.57. The fraction of sp³-hybridized carbons (Fsp3) is 0.250. The quantitative estimate of drug-likeness (QED) is 0.893. The number of fused-ring (bicyclic) bond motifs is 1. The molecule has 1 atom stereocenters. The van der Waals surface area contributed by atoms with Crippen LogP contribution in [0.15, 0.2) is 36.4 Å². The number of rotatable bonds is 3. The van der Waals surface area contributed by atoms with Crippen LogP contribution in [0, 0.1) is 5.82 Å². The van der Waals surface area contributed by atoms with Gasteiger partial charge in [-0.2, -0.15) is 0 Å². The summed E-state index contributed by atoms with van der Waals surface area (Å²) in [7, 11) is 0. The Balaban J connectivity index is 1.82. The number of hydrogen-bond donors (Lipinski definition) is 1. The van der Waals surface area contributed by atoms with Crippen LogP contribution in [0.25, 0.3) is 0 Å². The van der Waals surface area contributed by atoms with E-state index in [0.717, 1.165) is 24.3 Å². The van der Waals surface area contributed by atoms with E-state index in [-0.39, 0.29) is 11.9 Å². The first-order valence-electron chi connectivity index (χ1n) is 6.61. The van der Waals surface area contributed by atoms with E-state index in [1.165, 1.54) is 11.6 Å². The first kappa shape index (κ1) is 13.3. The van der Waals surface area contributed by atoms with Gasteiger partial charge in [-0.1, -0.05) is 17.7 Å². The minimum atomic E-state index is -0.300. The van der Waals surface area contributed by atoms with E-state index in [2.05, 4.69) is 11.4 Å². The van der Waals surface area contributed by atoms with Crippen LogP contribution in [0.2, 0.25) is 5.02 Å². The zero-order valence-corrected chi connectivity index (χ0v) is 11.9. The molecule has 0 aliphatic carbocycles. The molecule has 1 unspecified atom stereocenters. The van der Waals surface area contributed by atoms with E-state index in [4.69, 9.17) is 16.3 Å². The van der Waals surface area contributed by atoms with E-state index in [0.29, 0.717) is 10.7 Å². The van der Waals surface area contributed by atoms with Gasteiger partial charge in [-0.25, -0.2) is 4.39 Å². The number of halogens is 2. The highest BCUT2D eigenvalue weighted by Crippen LogP contribution is 2.30. The molecule has 4 heteroatoms. The van der Waals surface area contributed by atoms with Gasteiger partial charge in [0.25, 0.3) is 0 Å². The minimum absolute atomic E-state index is 0.00568. The van der Waals surface area contributed by atoms with Crippen molar-refractivity contribution in [3.63, 3.8) is 0 Å². The van der Waals surface area contributed by atoms with Gasteiger partial charge in [-0.15, -0.1) is 0 Å². The Bertz CT molecular complexity index is 644. The monoisotopic (exact) mass is 291 g/mol. The first-order valence-corrected chi connectivity index (χ1v) is 6.98. The van der Waals surface area contributed by atoms with Gasteiger partial charge in [0.05, 0.1) is 12.3 Å². The molecule has 0 spiro atoms. The molecule has 3 rings (SSSR count). The van der Waals surface area contributed by atoms with E-state index in [1.807, 2.05) is 19.1 Å². The summed E-state index contributed by atoms with van der Waals surface area (Å²) in [5, 5.41) is 3.68. The summed E-state index contributed by atoms with van der Waals surface area (Å²) in [6.07, 6.45) is 0.932. The lowest BCUT2D eigenvalue weighted by Crippen LogP contribution is -2.08. The van der Waals surface area contributed by atoms with Crippen molar-refractivity contribution in [1.82, 2.24) is 0 Å². The molecule has 1 aliphatic heterocycles. The molecule has 104 valence electrons. The Labute approximate surface area is 122 Å². The second-order valence-corrected chi connectivity index (χ2v) is 5.39. The summed E-state index contributed by atoms with van der Waals surface area (Å²) in [6, 6.07) is 10.6. The van der Waals surface area contributed by atoms with Crippen LogP contribution in [0.5, 0.6) is 5.75 Å². The summed E-state index contributed by atoms with van der Waals surface area (Å²) in [4.78, 5) is 0. The van der Waals surface area contributed by atoms with Gasteiger partial charge in [0.1, 0.15) is 11.6 Å². The van der Waals surface area contributed by atoms with Gasteiger partial charge in [-0.05, 0) is 48.4 Å². The van der Waals surface area contributed by atoms with Crippen LogP contribution in [0.1, 0.15) is 24.1 Å². The third-order valence-electron chi connectivity index (χ3n) is 3.51. The maximum absolute atomic E-state index is 13.7. The van der Waals surface area contributed by atoms with E-state index >= 15 is 0 Å². The Hall–Kier alpha value is -1.74. The summed E-state index contributed by atoms with van der Waals surface area (Å²) in [5.74, 6) is 0.653. The lowest BCUT2D eigenvalue weighted by molar-refractivity contribution is 0.357. The summed E-state index contributed by atoms with van der Waals surface area (Å²) < 4.78 is 19.2. The van der Waals surface area contributed by atoms with Crippen LogP contribution in [-0.2, 0) is 6.42 Å². The van der Waals surface area contributed by atoms with Crippen molar-refractivity contribution >= 4 is 17.3 Å². The topological polar surface area (TPSA) is 21.3 Å². The number of anilines is 1. The van der Waals surface area contributed by atoms with Crippen molar-refractivity contribution in [2.45, 2.75) is 19.4 Å². The van der Waals surface area contributed by atoms with Crippen LogP contribution < -0.4 is 10.1 Å². The van der Waals surface area contributed by atoms with E-state index < -0.39 is 0 Å². The van der Waals surface area contributed by atoms with Crippen LogP contribution in [0.3, 0.4) is 0 Å². The molecule has 2 nitrogen and oxygen atoms in total. The summed E-state index contributed by atoms with van der Waals surface area (Å²) in [5.41, 5.74) is 2.73. The molecular weight excluding hydrogens is 277 g/mol. The zero-order valence-electron chi connectivity index (χ0n) is 11.1. The largest absolute Gasteiger partial charge is 0.493 e. The second-order valence-electron chi connectivity index (χ2n) is 4.96. The summed E-state index contributed by atoms with van der Waals surface area (Å²) in [6.45, 7) is 2.74. The van der Waals surface area contributed by atoms with E-state index in [1.54, 1.807) is 12.1 Å². The highest BCUT2D eigenvalue weighted by Gasteiger charge is 2.15. The van der Waals surface area contributed by atoms with Crippen molar-refractivity contribution in [3.05, 3.63) is 58.4 Å². The highest BCUT2D eigenvalue weighted by molar-refractivity contribution is 6.30. The van der Waals surface area contributed by atoms with Crippen molar-refractivity contribution in [1.29, 1.82) is 0 Å². The van der Waals surface area contributed by atoms with Crippen LogP contribution in [0.4, 0.5) is 10.1 Å².